The third-order valence-electron chi connectivity index (χ3n) is 3.34. The van der Waals surface area contributed by atoms with Gasteiger partial charge in [-0.15, -0.1) is 0 Å². The van der Waals surface area contributed by atoms with Crippen molar-refractivity contribution < 1.29 is 14.7 Å². The Morgan fingerprint density at radius 1 is 0.905 bits per heavy atom. The van der Waals surface area contributed by atoms with E-state index in [4.69, 9.17) is 5.11 Å². The molecule has 0 saturated carbocycles. The summed E-state index contributed by atoms with van der Waals surface area (Å²) >= 11 is 2.17. The molecule has 0 amide bonds. The van der Waals surface area contributed by atoms with Crippen LogP contribution in [0.2, 0.25) is 0 Å². The number of carbonyl (C=O) groups is 2. The molecule has 0 bridgehead atoms. The number of carboxylic acids is 1. The number of carbonyl (C=O) groups excluding carboxylic acids is 1. The van der Waals surface area contributed by atoms with E-state index >= 15 is 0 Å². The van der Waals surface area contributed by atoms with Gasteiger partial charge < -0.3 is 5.11 Å². The maximum atomic E-state index is 11.5. The van der Waals surface area contributed by atoms with Crippen LogP contribution in [-0.2, 0) is 4.79 Å². The Kier molecular flexibility index (Phi) is 14.7. The van der Waals surface area contributed by atoms with Crippen molar-refractivity contribution >= 4 is 33.9 Å². The lowest BCUT2D eigenvalue weighted by Gasteiger charge is -2.04. The molecule has 0 rings (SSSR count). The van der Waals surface area contributed by atoms with Crippen molar-refractivity contribution in [3.05, 3.63) is 0 Å². The van der Waals surface area contributed by atoms with E-state index in [-0.39, 0.29) is 4.45 Å². The van der Waals surface area contributed by atoms with Crippen molar-refractivity contribution in [3.8, 4) is 0 Å². The highest BCUT2D eigenvalue weighted by Gasteiger charge is 2.16. The minimum absolute atomic E-state index is 0.0687. The van der Waals surface area contributed by atoms with Gasteiger partial charge in [0.15, 0.2) is 0 Å². The molecule has 0 aromatic heterocycles. The highest BCUT2D eigenvalue weighted by Crippen LogP contribution is 2.22. The molecule has 0 fully saturated rings. The van der Waals surface area contributed by atoms with Crippen LogP contribution >= 0.6 is 23.5 Å². The summed E-state index contributed by atoms with van der Waals surface area (Å²) in [5.74, 6) is -0.109. The zero-order chi connectivity index (χ0) is 15.9. The van der Waals surface area contributed by atoms with E-state index in [1.165, 1.54) is 69.5 Å². The molecule has 1 atom stereocenters. The molecule has 0 aromatic rings. The largest absolute Gasteiger partial charge is 0.480 e. The van der Waals surface area contributed by atoms with E-state index in [2.05, 4.69) is 6.92 Å². The lowest BCUT2D eigenvalue weighted by Crippen LogP contribution is -2.12. The van der Waals surface area contributed by atoms with Crippen LogP contribution in [0.4, 0.5) is 4.79 Å². The zero-order valence-corrected chi connectivity index (χ0v) is 15.1. The smallest absolute Gasteiger partial charge is 0.316 e. The van der Waals surface area contributed by atoms with Gasteiger partial charge in [-0.1, -0.05) is 88.2 Å². The summed E-state index contributed by atoms with van der Waals surface area (Å²) in [6.45, 7) is 3.79. The van der Waals surface area contributed by atoms with Gasteiger partial charge in [0.25, 0.3) is 0 Å². The summed E-state index contributed by atoms with van der Waals surface area (Å²) in [6, 6.07) is 0. The monoisotopic (exact) mass is 334 g/mol. The molecule has 5 heteroatoms. The SMILES string of the molecule is CCCCCCCCCCCCSC(=O)SC(C)C(=O)O. The maximum absolute atomic E-state index is 11.5. The summed E-state index contributed by atoms with van der Waals surface area (Å²) in [5.41, 5.74) is 0. The van der Waals surface area contributed by atoms with Crippen molar-refractivity contribution in [2.75, 3.05) is 5.75 Å². The van der Waals surface area contributed by atoms with Crippen LogP contribution < -0.4 is 0 Å². The Morgan fingerprint density at radius 3 is 1.86 bits per heavy atom. The van der Waals surface area contributed by atoms with Gasteiger partial charge in [-0.2, -0.15) is 0 Å². The fourth-order valence-electron chi connectivity index (χ4n) is 1.97. The average molecular weight is 335 g/mol. The third-order valence-corrected chi connectivity index (χ3v) is 5.46. The number of hydrogen-bond acceptors (Lipinski definition) is 4. The van der Waals surface area contributed by atoms with Gasteiger partial charge in [0.2, 0.25) is 4.45 Å². The van der Waals surface area contributed by atoms with E-state index in [1.54, 1.807) is 6.92 Å². The van der Waals surface area contributed by atoms with Gasteiger partial charge >= 0.3 is 5.97 Å². The highest BCUT2D eigenvalue weighted by atomic mass is 32.2. The minimum Gasteiger partial charge on any atom is -0.480 e. The molecule has 3 nitrogen and oxygen atoms in total. The Balaban J connectivity index is 3.25. The number of thioether (sulfide) groups is 2. The minimum atomic E-state index is -0.923. The predicted octanol–water partition coefficient (Wildman–Crippen LogP) is 5.97. The summed E-state index contributed by atoms with van der Waals surface area (Å²) in [5, 5.41) is 8.07. The van der Waals surface area contributed by atoms with Crippen molar-refractivity contribution in [2.24, 2.45) is 0 Å². The topological polar surface area (TPSA) is 54.4 Å². The average Bonchev–Trinajstić information content (AvgIpc) is 2.44. The highest BCUT2D eigenvalue weighted by molar-refractivity contribution is 8.38. The summed E-state index contributed by atoms with van der Waals surface area (Å²) in [4.78, 5) is 22.1. The number of unbranched alkanes of at least 4 members (excludes halogenated alkanes) is 9. The molecule has 1 unspecified atom stereocenters. The number of hydrogen-bond donors (Lipinski definition) is 1. The van der Waals surface area contributed by atoms with Gasteiger partial charge in [-0.3, -0.25) is 9.59 Å². The first-order valence-electron chi connectivity index (χ1n) is 8.14. The van der Waals surface area contributed by atoms with Crippen molar-refractivity contribution in [1.29, 1.82) is 0 Å². The zero-order valence-electron chi connectivity index (χ0n) is 13.4. The van der Waals surface area contributed by atoms with Crippen LogP contribution in [0.25, 0.3) is 0 Å². The van der Waals surface area contributed by atoms with Crippen LogP contribution in [0.5, 0.6) is 0 Å². The molecule has 0 aliphatic rings. The van der Waals surface area contributed by atoms with Crippen LogP contribution in [0, 0.1) is 0 Å². The molecule has 124 valence electrons. The maximum Gasteiger partial charge on any atom is 0.316 e. The Bertz CT molecular complexity index is 283. The molecular formula is C16H30O3S2. The molecule has 0 aliphatic carbocycles. The Labute approximate surface area is 138 Å². The molecule has 0 aliphatic heterocycles. The molecule has 0 spiro atoms. The van der Waals surface area contributed by atoms with Crippen LogP contribution in [0.1, 0.15) is 78.1 Å². The second-order valence-corrected chi connectivity index (χ2v) is 8.02. The first-order chi connectivity index (χ1) is 10.1. The van der Waals surface area contributed by atoms with Gasteiger partial charge in [0, 0.05) is 5.75 Å². The molecule has 0 saturated heterocycles. The van der Waals surface area contributed by atoms with Gasteiger partial charge in [-0.25, -0.2) is 0 Å². The molecule has 0 heterocycles. The van der Waals surface area contributed by atoms with Crippen molar-refractivity contribution in [2.45, 2.75) is 83.3 Å². The van der Waals surface area contributed by atoms with Gasteiger partial charge in [-0.05, 0) is 13.3 Å². The Hall–Kier alpha value is -0.160. The van der Waals surface area contributed by atoms with E-state index in [0.717, 1.165) is 23.9 Å². The van der Waals surface area contributed by atoms with Gasteiger partial charge in [0.1, 0.15) is 5.25 Å². The molecule has 21 heavy (non-hydrogen) atoms. The van der Waals surface area contributed by atoms with Crippen molar-refractivity contribution in [3.63, 3.8) is 0 Å². The normalized spacial score (nSPS) is 12.3. The van der Waals surface area contributed by atoms with Gasteiger partial charge in [0.05, 0.1) is 0 Å². The lowest BCUT2D eigenvalue weighted by atomic mass is 10.1. The molecular weight excluding hydrogens is 304 g/mol. The van der Waals surface area contributed by atoms with E-state index in [0.29, 0.717) is 0 Å². The fraction of sp³-hybridized carbons (Fsp3) is 0.875. The van der Waals surface area contributed by atoms with Crippen LogP contribution in [-0.4, -0.2) is 26.5 Å². The molecule has 1 N–H and O–H groups in total. The lowest BCUT2D eigenvalue weighted by molar-refractivity contribution is -0.136. The summed E-state index contributed by atoms with van der Waals surface area (Å²) in [6.07, 6.45) is 12.9. The van der Waals surface area contributed by atoms with E-state index in [9.17, 15) is 9.59 Å². The molecule has 0 radical (unpaired) electrons. The first kappa shape index (κ1) is 20.8. The standard InChI is InChI=1S/C16H30O3S2/c1-3-4-5-6-7-8-9-10-11-12-13-20-16(19)21-14(2)15(17)18/h14H,3-13H2,1-2H3,(H,17,18). The van der Waals surface area contributed by atoms with E-state index < -0.39 is 11.2 Å². The van der Waals surface area contributed by atoms with Crippen LogP contribution in [0.15, 0.2) is 0 Å². The van der Waals surface area contributed by atoms with Crippen LogP contribution in [0.3, 0.4) is 0 Å². The number of aliphatic carboxylic acids is 1. The molecule has 0 aromatic carbocycles. The summed E-state index contributed by atoms with van der Waals surface area (Å²) in [7, 11) is 0. The third kappa shape index (κ3) is 14.5. The fourth-order valence-corrected chi connectivity index (χ4v) is 3.83. The number of rotatable bonds is 13. The van der Waals surface area contributed by atoms with E-state index in [1.807, 2.05) is 0 Å². The predicted molar refractivity (Wildman–Crippen MR) is 94.4 cm³/mol. The quantitative estimate of drug-likeness (QED) is 0.421. The first-order valence-corrected chi connectivity index (χ1v) is 10.0. The Morgan fingerprint density at radius 2 is 1.38 bits per heavy atom. The second kappa shape index (κ2) is 14.8. The number of carboxylic acid groups (broad SMARTS) is 1. The second-order valence-electron chi connectivity index (χ2n) is 5.38. The summed E-state index contributed by atoms with van der Waals surface area (Å²) < 4.78 is -0.0687. The van der Waals surface area contributed by atoms with Crippen molar-refractivity contribution in [1.82, 2.24) is 0 Å².